The highest BCUT2D eigenvalue weighted by molar-refractivity contribution is 5.66. The maximum Gasteiger partial charge on any atom is 0.189 e. The van der Waals surface area contributed by atoms with Gasteiger partial charge in [-0.25, -0.2) is 0 Å². The van der Waals surface area contributed by atoms with E-state index in [2.05, 4.69) is 11.1 Å². The van der Waals surface area contributed by atoms with Crippen LogP contribution in [-0.2, 0) is 6.42 Å². The molecule has 0 unspecified atom stereocenters. The molecule has 0 aromatic carbocycles. The van der Waals surface area contributed by atoms with E-state index in [4.69, 9.17) is 0 Å². The van der Waals surface area contributed by atoms with Gasteiger partial charge in [-0.3, -0.25) is 4.79 Å². The van der Waals surface area contributed by atoms with Gasteiger partial charge in [0.1, 0.15) is 0 Å². The van der Waals surface area contributed by atoms with Crippen LogP contribution < -0.4 is 5.43 Å². The largest absolute Gasteiger partial charge is 0.364 e. The van der Waals surface area contributed by atoms with E-state index in [1.165, 1.54) is 0 Å². The molecule has 2 heteroatoms. The zero-order valence-electron chi connectivity index (χ0n) is 7.05. The van der Waals surface area contributed by atoms with Gasteiger partial charge in [-0.05, 0) is 25.3 Å². The number of aryl methyl sites for hydroxylation is 1. The van der Waals surface area contributed by atoms with Crippen molar-refractivity contribution in [3.05, 3.63) is 39.8 Å². The summed E-state index contributed by atoms with van der Waals surface area (Å²) < 4.78 is 0. The molecule has 1 N–H and O–H groups in total. The lowest BCUT2D eigenvalue weighted by Crippen LogP contribution is -2.13. The number of hydrogen-bond donors (Lipinski definition) is 1. The van der Waals surface area contributed by atoms with Crippen LogP contribution in [0.4, 0.5) is 0 Å². The molecule has 1 aromatic heterocycles. The number of allylic oxidation sites excluding steroid dienone is 2. The van der Waals surface area contributed by atoms with E-state index in [-0.39, 0.29) is 5.43 Å². The Morgan fingerprint density at radius 2 is 2.33 bits per heavy atom. The second-order valence-corrected chi connectivity index (χ2v) is 3.12. The standard InChI is InChI=1S/C10H11NO/c1-7-3-2-4-8-10(7)9(12)5-6-11-8/h3,5-6H,2,4H2,1H3,(H,11,12). The predicted octanol–water partition coefficient (Wildman–Crippen LogP) is 1.72. The van der Waals surface area contributed by atoms with Crippen LogP contribution >= 0.6 is 0 Å². The number of aromatic nitrogens is 1. The van der Waals surface area contributed by atoms with Crippen molar-refractivity contribution in [1.29, 1.82) is 0 Å². The highest BCUT2D eigenvalue weighted by Crippen LogP contribution is 2.20. The molecule has 2 rings (SSSR count). The normalized spacial score (nSPS) is 15.2. The first-order valence-electron chi connectivity index (χ1n) is 4.17. The van der Waals surface area contributed by atoms with Gasteiger partial charge in [0.2, 0.25) is 0 Å². The van der Waals surface area contributed by atoms with Crippen LogP contribution in [0.1, 0.15) is 24.6 Å². The fraction of sp³-hybridized carbons (Fsp3) is 0.300. The maximum absolute atomic E-state index is 11.4. The van der Waals surface area contributed by atoms with Gasteiger partial charge in [-0.1, -0.05) is 6.08 Å². The Bertz CT molecular complexity index is 387. The summed E-state index contributed by atoms with van der Waals surface area (Å²) in [5, 5.41) is 0. The molecule has 0 amide bonds. The number of aromatic amines is 1. The highest BCUT2D eigenvalue weighted by Gasteiger charge is 2.11. The van der Waals surface area contributed by atoms with Gasteiger partial charge < -0.3 is 4.98 Å². The molecule has 2 nitrogen and oxygen atoms in total. The van der Waals surface area contributed by atoms with Crippen LogP contribution in [0.2, 0.25) is 0 Å². The lowest BCUT2D eigenvalue weighted by atomic mass is 9.96. The quantitative estimate of drug-likeness (QED) is 0.617. The molecule has 0 saturated heterocycles. The average Bonchev–Trinajstić information content (AvgIpc) is 2.04. The van der Waals surface area contributed by atoms with E-state index in [0.717, 1.165) is 29.7 Å². The topological polar surface area (TPSA) is 32.9 Å². The predicted molar refractivity (Wildman–Crippen MR) is 49.0 cm³/mol. The fourth-order valence-electron chi connectivity index (χ4n) is 1.69. The number of nitrogens with one attached hydrogen (secondary N) is 1. The third kappa shape index (κ3) is 0.998. The molecule has 0 bridgehead atoms. The zero-order chi connectivity index (χ0) is 8.55. The second-order valence-electron chi connectivity index (χ2n) is 3.12. The van der Waals surface area contributed by atoms with E-state index in [1.54, 1.807) is 12.3 Å². The molecule has 0 spiro atoms. The minimum absolute atomic E-state index is 0.136. The summed E-state index contributed by atoms with van der Waals surface area (Å²) in [6.45, 7) is 1.99. The molecule has 62 valence electrons. The van der Waals surface area contributed by atoms with Gasteiger partial charge >= 0.3 is 0 Å². The number of rotatable bonds is 0. The number of H-pyrrole nitrogens is 1. The van der Waals surface area contributed by atoms with Gasteiger partial charge in [-0.15, -0.1) is 0 Å². The average molecular weight is 161 g/mol. The molecule has 0 fully saturated rings. The van der Waals surface area contributed by atoms with Crippen molar-refractivity contribution in [2.45, 2.75) is 19.8 Å². The second kappa shape index (κ2) is 2.63. The molecular weight excluding hydrogens is 150 g/mol. The SMILES string of the molecule is CC1=CCCc2[nH]ccc(=O)c21. The Balaban J connectivity index is 2.73. The molecule has 0 atom stereocenters. The molecule has 12 heavy (non-hydrogen) atoms. The van der Waals surface area contributed by atoms with Crippen LogP contribution in [0.3, 0.4) is 0 Å². The summed E-state index contributed by atoms with van der Waals surface area (Å²) in [7, 11) is 0. The van der Waals surface area contributed by atoms with Gasteiger partial charge in [0, 0.05) is 23.5 Å². The van der Waals surface area contributed by atoms with Gasteiger partial charge in [0.05, 0.1) is 0 Å². The third-order valence-corrected chi connectivity index (χ3v) is 2.28. The fourth-order valence-corrected chi connectivity index (χ4v) is 1.69. The summed E-state index contributed by atoms with van der Waals surface area (Å²) in [4.78, 5) is 14.5. The summed E-state index contributed by atoms with van der Waals surface area (Å²) in [6, 6.07) is 1.58. The Hall–Kier alpha value is -1.31. The smallest absolute Gasteiger partial charge is 0.189 e. The zero-order valence-corrected chi connectivity index (χ0v) is 7.05. The third-order valence-electron chi connectivity index (χ3n) is 2.28. The van der Waals surface area contributed by atoms with Gasteiger partial charge in [0.15, 0.2) is 5.43 Å². The molecule has 1 aromatic rings. The molecule has 1 heterocycles. The summed E-state index contributed by atoms with van der Waals surface area (Å²) in [5.41, 5.74) is 3.21. The first-order valence-corrected chi connectivity index (χ1v) is 4.17. The highest BCUT2D eigenvalue weighted by atomic mass is 16.1. The van der Waals surface area contributed by atoms with Crippen LogP contribution in [-0.4, -0.2) is 4.98 Å². The number of hydrogen-bond acceptors (Lipinski definition) is 1. The Morgan fingerprint density at radius 1 is 1.50 bits per heavy atom. The molecule has 0 saturated carbocycles. The Kier molecular flexibility index (Phi) is 1.61. The van der Waals surface area contributed by atoms with Gasteiger partial charge in [-0.2, -0.15) is 0 Å². The lowest BCUT2D eigenvalue weighted by Gasteiger charge is -2.12. The van der Waals surface area contributed by atoms with Crippen molar-refractivity contribution in [1.82, 2.24) is 4.98 Å². The number of pyridine rings is 1. The van der Waals surface area contributed by atoms with Crippen molar-refractivity contribution >= 4 is 5.57 Å². The summed E-state index contributed by atoms with van der Waals surface area (Å²) >= 11 is 0. The molecule has 1 aliphatic carbocycles. The Morgan fingerprint density at radius 3 is 3.08 bits per heavy atom. The van der Waals surface area contributed by atoms with Crippen molar-refractivity contribution < 1.29 is 0 Å². The Labute approximate surface area is 70.9 Å². The van der Waals surface area contributed by atoms with E-state index >= 15 is 0 Å². The van der Waals surface area contributed by atoms with Crippen molar-refractivity contribution in [3.8, 4) is 0 Å². The first kappa shape index (κ1) is 7.35. The van der Waals surface area contributed by atoms with E-state index in [1.807, 2.05) is 6.92 Å². The van der Waals surface area contributed by atoms with E-state index in [0.29, 0.717) is 0 Å². The first-order chi connectivity index (χ1) is 5.79. The van der Waals surface area contributed by atoms with Crippen LogP contribution in [0.25, 0.3) is 5.57 Å². The molecule has 0 radical (unpaired) electrons. The monoisotopic (exact) mass is 161 g/mol. The molecular formula is C10H11NO. The summed E-state index contributed by atoms with van der Waals surface area (Å²) in [5.74, 6) is 0. The minimum Gasteiger partial charge on any atom is -0.364 e. The van der Waals surface area contributed by atoms with Crippen molar-refractivity contribution in [3.63, 3.8) is 0 Å². The minimum atomic E-state index is 0.136. The van der Waals surface area contributed by atoms with Gasteiger partial charge in [0.25, 0.3) is 0 Å². The summed E-state index contributed by atoms with van der Waals surface area (Å²) in [6.07, 6.45) is 5.85. The molecule has 1 aliphatic rings. The van der Waals surface area contributed by atoms with Crippen molar-refractivity contribution in [2.75, 3.05) is 0 Å². The van der Waals surface area contributed by atoms with E-state index in [9.17, 15) is 4.79 Å². The van der Waals surface area contributed by atoms with Crippen LogP contribution in [0.15, 0.2) is 23.1 Å². The van der Waals surface area contributed by atoms with E-state index < -0.39 is 0 Å². The van der Waals surface area contributed by atoms with Crippen LogP contribution in [0.5, 0.6) is 0 Å². The van der Waals surface area contributed by atoms with Crippen LogP contribution in [0, 0.1) is 0 Å². The molecule has 0 aliphatic heterocycles. The number of fused-ring (bicyclic) bond motifs is 1. The maximum atomic E-state index is 11.4. The van der Waals surface area contributed by atoms with Crippen molar-refractivity contribution in [2.24, 2.45) is 0 Å². The lowest BCUT2D eigenvalue weighted by molar-refractivity contribution is 0.913.